The van der Waals surface area contributed by atoms with Gasteiger partial charge in [-0.05, 0) is 96.4 Å². The molecule has 3 amide bonds. The predicted octanol–water partition coefficient (Wildman–Crippen LogP) is 5.68. The molecule has 0 bridgehead atoms. The Morgan fingerprint density at radius 3 is 2.52 bits per heavy atom. The van der Waals surface area contributed by atoms with Crippen LogP contribution in [0.3, 0.4) is 0 Å². The molecule has 3 fully saturated rings. The minimum atomic E-state index is -3.93. The number of rotatable bonds is 10. The molecule has 2 saturated carbocycles. The van der Waals surface area contributed by atoms with E-state index in [1.165, 1.54) is 0 Å². The van der Waals surface area contributed by atoms with Crippen LogP contribution in [0.5, 0.6) is 6.01 Å². The molecule has 0 radical (unpaired) electrons. The van der Waals surface area contributed by atoms with Crippen LogP contribution in [0.1, 0.15) is 108 Å². The van der Waals surface area contributed by atoms with Crippen molar-refractivity contribution in [2.24, 2.45) is 11.3 Å². The van der Waals surface area contributed by atoms with E-state index in [1.54, 1.807) is 17.9 Å². The Morgan fingerprint density at radius 2 is 1.80 bits per heavy atom. The van der Waals surface area contributed by atoms with Gasteiger partial charge in [0, 0.05) is 31.1 Å². The summed E-state index contributed by atoms with van der Waals surface area (Å²) in [4.78, 5) is 62.8. The molecule has 300 valence electrons. The van der Waals surface area contributed by atoms with E-state index in [9.17, 15) is 27.6 Å². The highest BCUT2D eigenvalue weighted by molar-refractivity contribution is 7.91. The van der Waals surface area contributed by atoms with Crippen molar-refractivity contribution >= 4 is 50.2 Å². The Kier molecular flexibility index (Phi) is 11.1. The molecule has 7 rings (SSSR count). The number of nitrogens with one attached hydrogen (secondary N) is 3. The third kappa shape index (κ3) is 7.81. The number of hydrogen-bond donors (Lipinski definition) is 3. The van der Waals surface area contributed by atoms with Crippen molar-refractivity contribution in [1.29, 1.82) is 0 Å². The number of anilines is 1. The number of Topliss-reactive ketones (excluding diaryl/α,β-unsaturated/α-hetero) is 1. The molecule has 2 aliphatic heterocycles. The summed E-state index contributed by atoms with van der Waals surface area (Å²) in [5.74, 6) is -1.75. The van der Waals surface area contributed by atoms with Crippen molar-refractivity contribution in [2.45, 2.75) is 121 Å². The molecule has 2 aromatic carbocycles. The number of carbonyl (C=O) groups excluding carboxylic acids is 4. The van der Waals surface area contributed by atoms with Crippen molar-refractivity contribution < 1.29 is 32.3 Å². The van der Waals surface area contributed by atoms with Gasteiger partial charge in [0.05, 0.1) is 33.8 Å². The molecule has 1 aromatic heterocycles. The Balaban J connectivity index is 1.22. The van der Waals surface area contributed by atoms with Crippen molar-refractivity contribution in [2.75, 3.05) is 18.4 Å². The van der Waals surface area contributed by atoms with E-state index in [1.807, 2.05) is 80.0 Å². The van der Waals surface area contributed by atoms with Crippen LogP contribution in [0.4, 0.5) is 5.69 Å². The van der Waals surface area contributed by atoms with Gasteiger partial charge < -0.3 is 20.3 Å². The number of ketones is 1. The number of sulfonamides is 1. The summed E-state index contributed by atoms with van der Waals surface area (Å²) in [6, 6.07) is 13.6. The first-order valence-corrected chi connectivity index (χ1v) is 21.6. The topological polar surface area (TPSA) is 169 Å². The smallest absolute Gasteiger partial charge is 0.297 e. The number of imidazole rings is 1. The standard InChI is InChI=1S/C42H54N6O7S/c1-5-43-37(50)31-18-14-20-33-36(31)45-40(48(33)27(2)3)55-30-23-34-35(49)25-42(39(52)46-56(53,54)41(4)21-22-41)24-28(42)15-10-7-6-8-13-19-32(38(51)47(34)26-30)44-29-16-11-9-12-17-29/h9-12,14-18,20,27-28,30,32,34,44H,5-8,13,19,21-26H2,1-4H3,(H,43,50)(H,46,52)/b15-10-/t28-,30-,32+,34+,42-/m1/s1. The third-order valence-electron chi connectivity index (χ3n) is 12.0. The van der Waals surface area contributed by atoms with Crippen LogP contribution in [-0.2, 0) is 24.4 Å². The molecule has 13 nitrogen and oxygen atoms in total. The number of para-hydroxylation sites is 2. The van der Waals surface area contributed by atoms with Crippen LogP contribution in [0.2, 0.25) is 0 Å². The van der Waals surface area contributed by atoms with Crippen LogP contribution in [-0.4, -0.2) is 82.4 Å². The highest BCUT2D eigenvalue weighted by Gasteiger charge is 2.62. The second-order valence-electron chi connectivity index (χ2n) is 16.5. The number of amides is 3. The molecule has 14 heteroatoms. The fourth-order valence-electron chi connectivity index (χ4n) is 8.29. The quantitative estimate of drug-likeness (QED) is 0.219. The zero-order valence-corrected chi connectivity index (χ0v) is 33.6. The molecule has 3 heterocycles. The molecular formula is C42H54N6O7S. The van der Waals surface area contributed by atoms with Crippen LogP contribution in [0, 0.1) is 11.3 Å². The first-order chi connectivity index (χ1) is 26.8. The van der Waals surface area contributed by atoms with E-state index >= 15 is 0 Å². The highest BCUT2D eigenvalue weighted by Crippen LogP contribution is 2.57. The van der Waals surface area contributed by atoms with Gasteiger partial charge in [-0.2, -0.15) is 4.98 Å². The van der Waals surface area contributed by atoms with E-state index in [-0.39, 0.29) is 55.0 Å². The Bertz CT molecular complexity index is 2130. The minimum Gasteiger partial charge on any atom is -0.459 e. The number of carbonyl (C=O) groups is 4. The van der Waals surface area contributed by atoms with Gasteiger partial charge in [0.15, 0.2) is 5.78 Å². The largest absolute Gasteiger partial charge is 0.459 e. The molecule has 0 spiro atoms. The number of hydrogen-bond acceptors (Lipinski definition) is 9. The first-order valence-electron chi connectivity index (χ1n) is 20.1. The highest BCUT2D eigenvalue weighted by atomic mass is 32.2. The lowest BCUT2D eigenvalue weighted by atomic mass is 9.91. The van der Waals surface area contributed by atoms with Crippen molar-refractivity contribution in [3.05, 3.63) is 66.2 Å². The maximum Gasteiger partial charge on any atom is 0.297 e. The number of benzene rings is 2. The lowest BCUT2D eigenvalue weighted by molar-refractivity contribution is -0.139. The van der Waals surface area contributed by atoms with Gasteiger partial charge >= 0.3 is 0 Å². The van der Waals surface area contributed by atoms with E-state index in [0.717, 1.165) is 36.9 Å². The summed E-state index contributed by atoms with van der Waals surface area (Å²) in [5.41, 5.74) is 1.19. The van der Waals surface area contributed by atoms with Gasteiger partial charge in [0.2, 0.25) is 21.8 Å². The molecule has 5 atom stereocenters. The maximum absolute atomic E-state index is 14.7. The number of nitrogens with zero attached hydrogens (tertiary/aromatic N) is 3. The van der Waals surface area contributed by atoms with Gasteiger partial charge in [0.1, 0.15) is 17.7 Å². The third-order valence-corrected chi connectivity index (χ3v) is 14.2. The Labute approximate surface area is 329 Å². The van der Waals surface area contributed by atoms with Gasteiger partial charge in [-0.15, -0.1) is 0 Å². The number of aromatic nitrogens is 2. The first kappa shape index (κ1) is 39.5. The predicted molar refractivity (Wildman–Crippen MR) is 214 cm³/mol. The van der Waals surface area contributed by atoms with Crippen LogP contribution in [0.25, 0.3) is 11.0 Å². The second-order valence-corrected chi connectivity index (χ2v) is 18.7. The summed E-state index contributed by atoms with van der Waals surface area (Å²) >= 11 is 0. The summed E-state index contributed by atoms with van der Waals surface area (Å²) in [6.07, 6.45) is 8.50. The SMILES string of the molecule is CCNC(=O)c1cccc2c1nc(O[C@@H]1C[C@H]3C(=O)C[C@]4(C(=O)NS(=O)(=O)C5(C)CC5)C[C@H]4/C=C\CCCCC[C@H](Nc4ccccc4)C(=O)N3C1)n2C(C)C. The summed E-state index contributed by atoms with van der Waals surface area (Å²) in [7, 11) is -3.93. The number of fused-ring (bicyclic) bond motifs is 3. The van der Waals surface area contributed by atoms with E-state index in [4.69, 9.17) is 9.72 Å². The molecular weight excluding hydrogens is 733 g/mol. The number of allylic oxidation sites excluding steroid dienone is 2. The molecule has 4 aliphatic rings. The fourth-order valence-corrected chi connectivity index (χ4v) is 9.62. The fraction of sp³-hybridized carbons (Fsp3) is 0.548. The number of ether oxygens (including phenoxy) is 1. The average Bonchev–Trinajstić information content (AvgIpc) is 3.98. The van der Waals surface area contributed by atoms with E-state index in [2.05, 4.69) is 15.4 Å². The maximum atomic E-state index is 14.7. The van der Waals surface area contributed by atoms with Crippen LogP contribution in [0.15, 0.2) is 60.7 Å². The summed E-state index contributed by atoms with van der Waals surface area (Å²) in [6.45, 7) is 8.02. The van der Waals surface area contributed by atoms with Crippen LogP contribution < -0.4 is 20.1 Å². The lowest BCUT2D eigenvalue weighted by Gasteiger charge is -2.30. The molecule has 2 aliphatic carbocycles. The molecule has 3 N–H and O–H groups in total. The Morgan fingerprint density at radius 1 is 1.04 bits per heavy atom. The second kappa shape index (κ2) is 15.7. The summed E-state index contributed by atoms with van der Waals surface area (Å²) in [5, 5.41) is 6.28. The van der Waals surface area contributed by atoms with Crippen molar-refractivity contribution in [3.63, 3.8) is 0 Å². The van der Waals surface area contributed by atoms with Crippen molar-refractivity contribution in [1.82, 2.24) is 24.5 Å². The van der Waals surface area contributed by atoms with Gasteiger partial charge in [-0.1, -0.05) is 49.3 Å². The zero-order valence-electron chi connectivity index (χ0n) is 32.8. The van der Waals surface area contributed by atoms with Gasteiger partial charge in [-0.3, -0.25) is 28.5 Å². The molecule has 56 heavy (non-hydrogen) atoms. The molecule has 1 saturated heterocycles. The Hall–Kier alpha value is -4.72. The monoisotopic (exact) mass is 786 g/mol. The van der Waals surface area contributed by atoms with E-state index in [0.29, 0.717) is 43.3 Å². The molecule has 0 unspecified atom stereocenters. The molecule has 3 aromatic rings. The zero-order chi connectivity index (χ0) is 39.8. The van der Waals surface area contributed by atoms with Crippen molar-refractivity contribution in [3.8, 4) is 6.01 Å². The average molecular weight is 787 g/mol. The minimum absolute atomic E-state index is 0.0959. The van der Waals surface area contributed by atoms with E-state index < -0.39 is 44.3 Å². The lowest BCUT2D eigenvalue weighted by Crippen LogP contribution is -2.49. The van der Waals surface area contributed by atoms with Gasteiger partial charge in [0.25, 0.3) is 11.9 Å². The van der Waals surface area contributed by atoms with Crippen LogP contribution >= 0.6 is 0 Å². The normalized spacial score (nSPS) is 27.1. The summed E-state index contributed by atoms with van der Waals surface area (Å²) < 4.78 is 36.4. The van der Waals surface area contributed by atoms with Gasteiger partial charge in [-0.25, -0.2) is 8.42 Å².